The summed E-state index contributed by atoms with van der Waals surface area (Å²) in [6.45, 7) is 0. The molecule has 0 radical (unpaired) electrons. The van der Waals surface area contributed by atoms with Crippen LogP contribution in [0.25, 0.3) is 10.2 Å². The summed E-state index contributed by atoms with van der Waals surface area (Å²) in [5, 5.41) is 3.25. The molecular formula is C22H19N3O4S2. The predicted molar refractivity (Wildman–Crippen MR) is 123 cm³/mol. The first kappa shape index (κ1) is 20.8. The maximum absolute atomic E-state index is 13.0. The Morgan fingerprint density at radius 3 is 2.39 bits per heavy atom. The first-order valence-corrected chi connectivity index (χ1v) is 11.5. The fourth-order valence-corrected chi connectivity index (χ4v) is 5.12. The monoisotopic (exact) mass is 453 g/mol. The number of fused-ring (bicyclic) bond motifs is 1. The summed E-state index contributed by atoms with van der Waals surface area (Å²) < 4.78 is 33.5. The lowest BCUT2D eigenvalue weighted by Crippen LogP contribution is -2.27. The van der Waals surface area contributed by atoms with Crippen molar-refractivity contribution in [3.8, 4) is 5.75 Å². The van der Waals surface area contributed by atoms with E-state index < -0.39 is 10.0 Å². The molecule has 31 heavy (non-hydrogen) atoms. The number of nitrogens with zero attached hydrogens (tertiary/aromatic N) is 2. The van der Waals surface area contributed by atoms with E-state index >= 15 is 0 Å². The molecule has 0 fully saturated rings. The quantitative estimate of drug-likeness (QED) is 0.468. The molecule has 0 aliphatic heterocycles. The van der Waals surface area contributed by atoms with E-state index in [1.807, 2.05) is 24.3 Å². The molecule has 0 saturated carbocycles. The molecule has 1 amide bonds. The van der Waals surface area contributed by atoms with Gasteiger partial charge in [-0.25, -0.2) is 13.4 Å². The lowest BCUT2D eigenvalue weighted by molar-refractivity contribution is 0.102. The van der Waals surface area contributed by atoms with Crippen molar-refractivity contribution >= 4 is 48.3 Å². The van der Waals surface area contributed by atoms with Crippen LogP contribution in [0.3, 0.4) is 0 Å². The van der Waals surface area contributed by atoms with E-state index in [0.29, 0.717) is 22.1 Å². The maximum atomic E-state index is 13.0. The van der Waals surface area contributed by atoms with Crippen LogP contribution in [0.1, 0.15) is 10.4 Å². The van der Waals surface area contributed by atoms with Gasteiger partial charge in [0.25, 0.3) is 15.9 Å². The van der Waals surface area contributed by atoms with Gasteiger partial charge in [-0.2, -0.15) is 0 Å². The van der Waals surface area contributed by atoms with Gasteiger partial charge < -0.3 is 4.74 Å². The third-order valence-corrected chi connectivity index (χ3v) is 7.45. The number of aromatic nitrogens is 1. The van der Waals surface area contributed by atoms with Crippen LogP contribution in [0, 0.1) is 0 Å². The topological polar surface area (TPSA) is 88.6 Å². The largest absolute Gasteiger partial charge is 0.495 e. The highest BCUT2D eigenvalue weighted by atomic mass is 32.2. The number of rotatable bonds is 6. The van der Waals surface area contributed by atoms with Gasteiger partial charge in [-0.05, 0) is 48.5 Å². The van der Waals surface area contributed by atoms with E-state index in [2.05, 4.69) is 10.3 Å². The third-order valence-electron chi connectivity index (χ3n) is 4.71. The summed E-state index contributed by atoms with van der Waals surface area (Å²) in [7, 11) is -0.888. The minimum atomic E-state index is -3.83. The average Bonchev–Trinajstić information content (AvgIpc) is 3.20. The van der Waals surface area contributed by atoms with Gasteiger partial charge in [0.2, 0.25) is 0 Å². The Kier molecular flexibility index (Phi) is 5.62. The van der Waals surface area contributed by atoms with Crippen LogP contribution in [0.5, 0.6) is 5.75 Å². The van der Waals surface area contributed by atoms with Crippen molar-refractivity contribution in [2.45, 2.75) is 4.90 Å². The van der Waals surface area contributed by atoms with Crippen LogP contribution in [0.2, 0.25) is 0 Å². The van der Waals surface area contributed by atoms with Crippen molar-refractivity contribution in [1.29, 1.82) is 0 Å². The van der Waals surface area contributed by atoms with E-state index in [-0.39, 0.29) is 10.8 Å². The number of hydrogen-bond donors (Lipinski definition) is 1. The lowest BCUT2D eigenvalue weighted by Gasteiger charge is -2.21. The molecule has 7 nitrogen and oxygen atoms in total. The van der Waals surface area contributed by atoms with Gasteiger partial charge in [-0.15, -0.1) is 0 Å². The highest BCUT2D eigenvalue weighted by Gasteiger charge is 2.24. The number of sulfonamides is 1. The van der Waals surface area contributed by atoms with Crippen LogP contribution >= 0.6 is 11.3 Å². The van der Waals surface area contributed by atoms with Crippen molar-refractivity contribution in [2.24, 2.45) is 0 Å². The SMILES string of the molecule is COc1ccccc1N(C)S(=O)(=O)c1ccc(C(=O)Nc2nc3ccccc3s2)cc1. The molecule has 0 saturated heterocycles. The van der Waals surface area contributed by atoms with Crippen LogP contribution < -0.4 is 14.4 Å². The molecule has 158 valence electrons. The molecular weight excluding hydrogens is 434 g/mol. The standard InChI is InChI=1S/C22H19N3O4S2/c1-25(18-8-4-5-9-19(18)29-2)31(27,28)16-13-11-15(12-14-16)21(26)24-22-23-17-7-3-6-10-20(17)30-22/h3-14H,1-2H3,(H,23,24,26). The Balaban J connectivity index is 1.54. The van der Waals surface area contributed by atoms with Gasteiger partial charge in [0.05, 0.1) is 27.9 Å². The number of ether oxygens (including phenoxy) is 1. The number of hydrogen-bond acceptors (Lipinski definition) is 6. The predicted octanol–water partition coefficient (Wildman–Crippen LogP) is 4.38. The number of anilines is 2. The summed E-state index contributed by atoms with van der Waals surface area (Å²) in [5.41, 5.74) is 1.56. The summed E-state index contributed by atoms with van der Waals surface area (Å²) in [4.78, 5) is 17.0. The summed E-state index contributed by atoms with van der Waals surface area (Å²) in [6, 6.07) is 20.2. The van der Waals surface area contributed by atoms with Crippen LogP contribution in [-0.4, -0.2) is 33.5 Å². The molecule has 4 aromatic rings. The van der Waals surface area contributed by atoms with E-state index in [4.69, 9.17) is 4.74 Å². The van der Waals surface area contributed by atoms with E-state index in [9.17, 15) is 13.2 Å². The zero-order chi connectivity index (χ0) is 22.0. The molecule has 0 aliphatic rings. The highest BCUT2D eigenvalue weighted by molar-refractivity contribution is 7.92. The van der Waals surface area contributed by atoms with Crippen molar-refractivity contribution in [3.05, 3.63) is 78.4 Å². The van der Waals surface area contributed by atoms with Crippen molar-refractivity contribution in [3.63, 3.8) is 0 Å². The molecule has 0 bridgehead atoms. The Morgan fingerprint density at radius 2 is 1.68 bits per heavy atom. The smallest absolute Gasteiger partial charge is 0.264 e. The summed E-state index contributed by atoms with van der Waals surface area (Å²) in [5.74, 6) is 0.0847. The molecule has 0 spiro atoms. The number of amides is 1. The molecule has 1 N–H and O–H groups in total. The molecule has 1 aromatic heterocycles. The fraction of sp³-hybridized carbons (Fsp3) is 0.0909. The molecule has 0 aliphatic carbocycles. The van der Waals surface area contributed by atoms with Crippen molar-refractivity contribution in [2.75, 3.05) is 23.8 Å². The van der Waals surface area contributed by atoms with Crippen LogP contribution in [0.4, 0.5) is 10.8 Å². The van der Waals surface area contributed by atoms with E-state index in [1.54, 1.807) is 24.3 Å². The van der Waals surface area contributed by atoms with Gasteiger partial charge in [0, 0.05) is 12.6 Å². The molecule has 9 heteroatoms. The van der Waals surface area contributed by atoms with E-state index in [1.165, 1.54) is 49.8 Å². The Labute approximate surface area is 184 Å². The number of carbonyl (C=O) groups excluding carboxylic acids is 1. The van der Waals surface area contributed by atoms with Crippen molar-refractivity contribution in [1.82, 2.24) is 4.98 Å². The second-order valence-corrected chi connectivity index (χ2v) is 9.61. The minimum absolute atomic E-state index is 0.0671. The lowest BCUT2D eigenvalue weighted by atomic mass is 10.2. The summed E-state index contributed by atoms with van der Waals surface area (Å²) in [6.07, 6.45) is 0. The Hall–Kier alpha value is -3.43. The minimum Gasteiger partial charge on any atom is -0.495 e. The fourth-order valence-electron chi connectivity index (χ4n) is 3.05. The number of para-hydroxylation sites is 3. The second kappa shape index (κ2) is 8.37. The number of nitrogens with one attached hydrogen (secondary N) is 1. The third kappa shape index (κ3) is 4.10. The molecule has 1 heterocycles. The highest BCUT2D eigenvalue weighted by Crippen LogP contribution is 2.31. The van der Waals surface area contributed by atoms with Crippen LogP contribution in [-0.2, 0) is 10.0 Å². The first-order chi connectivity index (χ1) is 14.9. The van der Waals surface area contributed by atoms with Crippen LogP contribution in [0.15, 0.2) is 77.7 Å². The van der Waals surface area contributed by atoms with Gasteiger partial charge in [0.1, 0.15) is 5.75 Å². The molecule has 4 rings (SSSR count). The van der Waals surface area contributed by atoms with E-state index in [0.717, 1.165) is 14.5 Å². The second-order valence-electron chi connectivity index (χ2n) is 6.61. The van der Waals surface area contributed by atoms with Gasteiger partial charge >= 0.3 is 0 Å². The van der Waals surface area contributed by atoms with Crippen molar-refractivity contribution < 1.29 is 17.9 Å². The molecule has 3 aromatic carbocycles. The Morgan fingerprint density at radius 1 is 1.00 bits per heavy atom. The molecule has 0 unspecified atom stereocenters. The maximum Gasteiger partial charge on any atom is 0.264 e. The zero-order valence-corrected chi connectivity index (χ0v) is 18.4. The number of methoxy groups -OCH3 is 1. The number of thiazole rings is 1. The van der Waals surface area contributed by atoms with Gasteiger partial charge in [-0.1, -0.05) is 35.6 Å². The number of benzene rings is 3. The normalized spacial score (nSPS) is 11.3. The molecule has 0 atom stereocenters. The number of carbonyl (C=O) groups is 1. The Bertz CT molecular complexity index is 1320. The van der Waals surface area contributed by atoms with Gasteiger partial charge in [-0.3, -0.25) is 14.4 Å². The summed E-state index contributed by atoms with van der Waals surface area (Å²) >= 11 is 1.38. The van der Waals surface area contributed by atoms with Gasteiger partial charge in [0.15, 0.2) is 5.13 Å². The average molecular weight is 454 g/mol. The first-order valence-electron chi connectivity index (χ1n) is 9.29. The zero-order valence-electron chi connectivity index (χ0n) is 16.8.